The minimum atomic E-state index is -0.0326. The van der Waals surface area contributed by atoms with Gasteiger partial charge < -0.3 is 0 Å². The molecule has 0 amide bonds. The molecule has 0 bridgehead atoms. The second-order valence-corrected chi connectivity index (χ2v) is 10.9. The molecule has 0 heterocycles. The first-order chi connectivity index (χ1) is 13.9. The highest BCUT2D eigenvalue weighted by Crippen LogP contribution is 2.45. The molecule has 0 atom stereocenters. The fourth-order valence-corrected chi connectivity index (χ4v) is 4.55. The van der Waals surface area contributed by atoms with E-state index in [0.29, 0.717) is 0 Å². The normalized spacial score (nSPS) is 13.4. The van der Waals surface area contributed by atoms with Gasteiger partial charge >= 0.3 is 0 Å². The quantitative estimate of drug-likeness (QED) is 0.321. The predicted octanol–water partition coefficient (Wildman–Crippen LogP) is 7.78. The van der Waals surface area contributed by atoms with Crippen LogP contribution in [0.2, 0.25) is 0 Å². The minimum Gasteiger partial charge on any atom is -0.289 e. The van der Waals surface area contributed by atoms with Crippen molar-refractivity contribution in [2.24, 2.45) is 0 Å². The van der Waals surface area contributed by atoms with Crippen LogP contribution in [-0.4, -0.2) is 5.78 Å². The number of ketones is 1. The van der Waals surface area contributed by atoms with Gasteiger partial charge in [0.1, 0.15) is 0 Å². The van der Waals surface area contributed by atoms with Gasteiger partial charge in [-0.2, -0.15) is 0 Å². The molecule has 0 spiro atoms. The summed E-state index contributed by atoms with van der Waals surface area (Å²) in [6.07, 6.45) is 0. The topological polar surface area (TPSA) is 17.1 Å². The molecule has 0 radical (unpaired) electrons. The van der Waals surface area contributed by atoms with Crippen molar-refractivity contribution in [3.8, 4) is 22.3 Å². The summed E-state index contributed by atoms with van der Waals surface area (Å²) < 4.78 is 0. The Morgan fingerprint density at radius 1 is 0.567 bits per heavy atom. The molecule has 0 N–H and O–H groups in total. The zero-order chi connectivity index (χ0) is 22.0. The SMILES string of the molecule is Cc1ccc(-c2cc3c(cc2C(C)(C)C)-c2cc(C(C)(C)C)ccc2C3=O)c(C)c1. The third-order valence-corrected chi connectivity index (χ3v) is 6.30. The van der Waals surface area contributed by atoms with Crippen LogP contribution >= 0.6 is 0 Å². The van der Waals surface area contributed by atoms with E-state index in [1.165, 1.54) is 33.4 Å². The molecule has 0 fully saturated rings. The number of hydrogen-bond donors (Lipinski definition) is 0. The molecule has 1 aliphatic carbocycles. The molecule has 154 valence electrons. The molecule has 0 saturated carbocycles. The Bertz CT molecular complexity index is 1180. The van der Waals surface area contributed by atoms with Crippen LogP contribution in [0.4, 0.5) is 0 Å². The highest BCUT2D eigenvalue weighted by Gasteiger charge is 2.32. The summed E-state index contributed by atoms with van der Waals surface area (Å²) in [5.74, 6) is 0.145. The van der Waals surface area contributed by atoms with Gasteiger partial charge in [0.2, 0.25) is 0 Å². The first-order valence-electron chi connectivity index (χ1n) is 10.8. The average molecular weight is 397 g/mol. The number of fused-ring (bicyclic) bond motifs is 3. The van der Waals surface area contributed by atoms with Gasteiger partial charge in [0.25, 0.3) is 0 Å². The average Bonchev–Trinajstić information content (AvgIpc) is 2.91. The van der Waals surface area contributed by atoms with Gasteiger partial charge in [0, 0.05) is 11.1 Å². The van der Waals surface area contributed by atoms with E-state index in [-0.39, 0.29) is 16.6 Å². The molecule has 1 aliphatic rings. The number of rotatable bonds is 1. The van der Waals surface area contributed by atoms with E-state index < -0.39 is 0 Å². The van der Waals surface area contributed by atoms with E-state index >= 15 is 0 Å². The van der Waals surface area contributed by atoms with Crippen molar-refractivity contribution in [3.05, 3.63) is 81.9 Å². The van der Waals surface area contributed by atoms with Crippen LogP contribution in [0.5, 0.6) is 0 Å². The van der Waals surface area contributed by atoms with Crippen LogP contribution in [-0.2, 0) is 10.8 Å². The van der Waals surface area contributed by atoms with E-state index in [1.54, 1.807) is 0 Å². The summed E-state index contributed by atoms with van der Waals surface area (Å²) in [6.45, 7) is 17.7. The summed E-state index contributed by atoms with van der Waals surface area (Å²) >= 11 is 0. The largest absolute Gasteiger partial charge is 0.289 e. The Kier molecular flexibility index (Phi) is 4.58. The highest BCUT2D eigenvalue weighted by molar-refractivity contribution is 6.22. The van der Waals surface area contributed by atoms with Crippen molar-refractivity contribution in [1.82, 2.24) is 0 Å². The maximum atomic E-state index is 13.3. The van der Waals surface area contributed by atoms with E-state index in [9.17, 15) is 4.79 Å². The number of carbonyl (C=O) groups is 1. The summed E-state index contributed by atoms with van der Waals surface area (Å²) in [7, 11) is 0. The van der Waals surface area contributed by atoms with Gasteiger partial charge in [-0.05, 0) is 81.8 Å². The van der Waals surface area contributed by atoms with Crippen molar-refractivity contribution in [1.29, 1.82) is 0 Å². The molecular formula is C29H32O. The lowest BCUT2D eigenvalue weighted by Gasteiger charge is -2.25. The fourth-order valence-electron chi connectivity index (χ4n) is 4.55. The van der Waals surface area contributed by atoms with E-state index in [0.717, 1.165) is 22.3 Å². The molecule has 0 saturated heterocycles. The third kappa shape index (κ3) is 3.31. The lowest BCUT2D eigenvalue weighted by molar-refractivity contribution is 0.104. The molecule has 1 heteroatoms. The van der Waals surface area contributed by atoms with Crippen molar-refractivity contribution >= 4 is 5.78 Å². The molecule has 1 nitrogen and oxygen atoms in total. The van der Waals surface area contributed by atoms with Gasteiger partial charge in [-0.3, -0.25) is 4.79 Å². The summed E-state index contributed by atoms with van der Waals surface area (Å²) in [6, 6.07) is 17.4. The van der Waals surface area contributed by atoms with Gasteiger partial charge in [0.05, 0.1) is 0 Å². The van der Waals surface area contributed by atoms with Crippen molar-refractivity contribution in [2.45, 2.75) is 66.2 Å². The molecule has 0 unspecified atom stereocenters. The van der Waals surface area contributed by atoms with Crippen LogP contribution in [0.25, 0.3) is 22.3 Å². The van der Waals surface area contributed by atoms with Crippen LogP contribution in [0.1, 0.15) is 79.7 Å². The Hall–Kier alpha value is -2.67. The molecule has 4 rings (SSSR count). The molecule has 3 aromatic rings. The van der Waals surface area contributed by atoms with Crippen LogP contribution in [0.15, 0.2) is 48.5 Å². The van der Waals surface area contributed by atoms with Gasteiger partial charge in [-0.1, -0.05) is 77.4 Å². The van der Waals surface area contributed by atoms with Crippen molar-refractivity contribution < 1.29 is 4.79 Å². The number of hydrogen-bond acceptors (Lipinski definition) is 1. The summed E-state index contributed by atoms with van der Waals surface area (Å²) in [5, 5.41) is 0. The van der Waals surface area contributed by atoms with Crippen LogP contribution in [0.3, 0.4) is 0 Å². The standard InChI is InChI=1S/C29H32O/c1-17-9-11-20(18(2)13-17)24-15-25-23(16-26(24)29(6,7)8)22-14-19(28(3,4)5)10-12-21(22)27(25)30/h9-16H,1-8H3. The predicted molar refractivity (Wildman–Crippen MR) is 128 cm³/mol. The second-order valence-electron chi connectivity index (χ2n) is 10.9. The molecule has 30 heavy (non-hydrogen) atoms. The molecule has 0 aromatic heterocycles. The van der Waals surface area contributed by atoms with E-state index in [2.05, 4.69) is 97.9 Å². The molecular weight excluding hydrogens is 364 g/mol. The number of aryl methyl sites for hydroxylation is 2. The summed E-state index contributed by atoms with van der Waals surface area (Å²) in [4.78, 5) is 13.3. The summed E-state index contributed by atoms with van der Waals surface area (Å²) in [5.41, 5.74) is 11.3. The van der Waals surface area contributed by atoms with Gasteiger partial charge in [-0.25, -0.2) is 0 Å². The first kappa shape index (κ1) is 20.6. The lowest BCUT2D eigenvalue weighted by Crippen LogP contribution is -2.14. The minimum absolute atomic E-state index is 0.0326. The van der Waals surface area contributed by atoms with E-state index in [4.69, 9.17) is 0 Å². The van der Waals surface area contributed by atoms with Crippen molar-refractivity contribution in [2.75, 3.05) is 0 Å². The Morgan fingerprint density at radius 3 is 1.80 bits per heavy atom. The second kappa shape index (κ2) is 6.67. The highest BCUT2D eigenvalue weighted by atomic mass is 16.1. The lowest BCUT2D eigenvalue weighted by atomic mass is 9.78. The fraction of sp³-hybridized carbons (Fsp3) is 0.345. The maximum absolute atomic E-state index is 13.3. The van der Waals surface area contributed by atoms with Crippen LogP contribution in [0, 0.1) is 13.8 Å². The van der Waals surface area contributed by atoms with Gasteiger partial charge in [0.15, 0.2) is 5.78 Å². The van der Waals surface area contributed by atoms with Crippen molar-refractivity contribution in [3.63, 3.8) is 0 Å². The first-order valence-corrected chi connectivity index (χ1v) is 10.8. The number of carbonyl (C=O) groups excluding carboxylic acids is 1. The molecule has 3 aromatic carbocycles. The number of benzene rings is 3. The zero-order valence-corrected chi connectivity index (χ0v) is 19.5. The molecule has 0 aliphatic heterocycles. The van der Waals surface area contributed by atoms with E-state index in [1.807, 2.05) is 6.07 Å². The van der Waals surface area contributed by atoms with Crippen LogP contribution < -0.4 is 0 Å². The Balaban J connectivity index is 2.01. The monoisotopic (exact) mass is 396 g/mol. The smallest absolute Gasteiger partial charge is 0.194 e. The van der Waals surface area contributed by atoms with Gasteiger partial charge in [-0.15, -0.1) is 0 Å². The third-order valence-electron chi connectivity index (χ3n) is 6.30. The maximum Gasteiger partial charge on any atom is 0.194 e. The Labute approximate surface area is 181 Å². The Morgan fingerprint density at radius 2 is 1.20 bits per heavy atom. The zero-order valence-electron chi connectivity index (χ0n) is 19.5.